The molecule has 1 aromatic rings. The number of anilines is 1. The van der Waals surface area contributed by atoms with Crippen LogP contribution < -0.4 is 5.73 Å². The molecule has 7 heteroatoms. The van der Waals surface area contributed by atoms with Gasteiger partial charge >= 0.3 is 0 Å². The first-order valence-electron chi connectivity index (χ1n) is 5.83. The monoisotopic (exact) mass is 305 g/mol. The van der Waals surface area contributed by atoms with Crippen LogP contribution in [0.1, 0.15) is 5.56 Å². The lowest BCUT2D eigenvalue weighted by molar-refractivity contribution is 0.358. The Morgan fingerprint density at radius 2 is 1.79 bits per heavy atom. The average molecular weight is 306 g/mol. The third-order valence-electron chi connectivity index (χ3n) is 2.92. The molecule has 0 saturated carbocycles. The Kier molecular flexibility index (Phi) is 5.20. The van der Waals surface area contributed by atoms with Gasteiger partial charge in [0.05, 0.1) is 4.90 Å². The summed E-state index contributed by atoms with van der Waals surface area (Å²) in [7, 11) is 1.77. The van der Waals surface area contributed by atoms with E-state index < -0.39 is 10.0 Å². The lowest BCUT2D eigenvalue weighted by Crippen LogP contribution is -2.34. The Labute approximate surface area is 120 Å². The Hall–Kier alpha value is -0.820. The van der Waals surface area contributed by atoms with Crippen molar-refractivity contribution in [3.63, 3.8) is 0 Å². The first-order chi connectivity index (χ1) is 8.66. The normalized spacial score (nSPS) is 12.4. The van der Waals surface area contributed by atoms with E-state index in [1.807, 2.05) is 19.0 Å². The molecule has 0 atom stereocenters. The molecule has 0 amide bonds. The maximum atomic E-state index is 12.5. The summed E-state index contributed by atoms with van der Waals surface area (Å²) in [6, 6.07) is 2.99. The molecule has 0 unspecified atom stereocenters. The maximum absolute atomic E-state index is 12.5. The topological polar surface area (TPSA) is 66.6 Å². The minimum atomic E-state index is -3.57. The number of hydrogen-bond acceptors (Lipinski definition) is 4. The number of likely N-dealkylation sites (N-methyl/N-ethyl adjacent to an activating group) is 2. The van der Waals surface area contributed by atoms with Crippen molar-refractivity contribution in [2.24, 2.45) is 0 Å². The quantitative estimate of drug-likeness (QED) is 0.835. The molecule has 0 saturated heterocycles. The largest absolute Gasteiger partial charge is 0.398 e. The van der Waals surface area contributed by atoms with Crippen molar-refractivity contribution in [2.75, 3.05) is 40.0 Å². The van der Waals surface area contributed by atoms with Gasteiger partial charge in [-0.15, -0.1) is 0 Å². The van der Waals surface area contributed by atoms with Crippen molar-refractivity contribution in [2.45, 2.75) is 11.8 Å². The number of nitrogens with two attached hydrogens (primary N) is 1. The van der Waals surface area contributed by atoms with Crippen molar-refractivity contribution < 1.29 is 8.42 Å². The van der Waals surface area contributed by atoms with Crippen molar-refractivity contribution in [3.8, 4) is 0 Å². The molecule has 2 N–H and O–H groups in total. The van der Waals surface area contributed by atoms with Crippen LogP contribution in [-0.2, 0) is 10.0 Å². The molecule has 5 nitrogen and oxygen atoms in total. The van der Waals surface area contributed by atoms with Crippen LogP contribution in [0.4, 0.5) is 5.69 Å². The van der Waals surface area contributed by atoms with Gasteiger partial charge in [0, 0.05) is 30.8 Å². The van der Waals surface area contributed by atoms with Crippen molar-refractivity contribution in [1.82, 2.24) is 9.21 Å². The number of halogens is 1. The van der Waals surface area contributed by atoms with E-state index in [9.17, 15) is 8.42 Å². The lowest BCUT2D eigenvalue weighted by atomic mass is 10.2. The lowest BCUT2D eigenvalue weighted by Gasteiger charge is -2.21. The molecule has 0 aromatic heterocycles. The van der Waals surface area contributed by atoms with Gasteiger partial charge in [-0.2, -0.15) is 4.31 Å². The fourth-order valence-electron chi connectivity index (χ4n) is 1.57. The van der Waals surface area contributed by atoms with Crippen molar-refractivity contribution >= 4 is 27.3 Å². The second kappa shape index (κ2) is 6.09. The van der Waals surface area contributed by atoms with E-state index in [4.69, 9.17) is 17.3 Å². The van der Waals surface area contributed by atoms with Gasteiger partial charge in [-0.05, 0) is 38.7 Å². The predicted molar refractivity (Wildman–Crippen MR) is 79.0 cm³/mol. The molecule has 0 aliphatic rings. The van der Waals surface area contributed by atoms with E-state index in [2.05, 4.69) is 0 Å². The predicted octanol–water partition coefficient (Wildman–Crippen LogP) is 1.41. The molecule has 0 bridgehead atoms. The fraction of sp³-hybridized carbons (Fsp3) is 0.500. The van der Waals surface area contributed by atoms with E-state index in [0.717, 1.165) is 0 Å². The van der Waals surface area contributed by atoms with Gasteiger partial charge in [0.1, 0.15) is 0 Å². The minimum Gasteiger partial charge on any atom is -0.398 e. The number of hydrogen-bond donors (Lipinski definition) is 1. The van der Waals surface area contributed by atoms with Crippen LogP contribution in [-0.4, -0.2) is 51.9 Å². The summed E-state index contributed by atoms with van der Waals surface area (Å²) in [5, 5.41) is 0.322. The second-order valence-electron chi connectivity index (χ2n) is 4.75. The SMILES string of the molecule is Cc1c(N)cc(Cl)cc1S(=O)(=O)N(C)CCN(C)C. The van der Waals surface area contributed by atoms with Crippen molar-refractivity contribution in [1.29, 1.82) is 0 Å². The zero-order chi connectivity index (χ0) is 14.8. The number of sulfonamides is 1. The van der Waals surface area contributed by atoms with E-state index in [0.29, 0.717) is 29.4 Å². The highest BCUT2D eigenvalue weighted by Gasteiger charge is 2.24. The summed E-state index contributed by atoms with van der Waals surface area (Å²) in [6.45, 7) is 2.73. The van der Waals surface area contributed by atoms with Gasteiger partial charge in [0.2, 0.25) is 10.0 Å². The first-order valence-corrected chi connectivity index (χ1v) is 7.64. The van der Waals surface area contributed by atoms with Crippen LogP contribution in [0.15, 0.2) is 17.0 Å². The molecule has 0 spiro atoms. The molecular formula is C12H20ClN3O2S. The third kappa shape index (κ3) is 3.82. The van der Waals surface area contributed by atoms with Gasteiger partial charge in [0.15, 0.2) is 0 Å². The molecular weight excluding hydrogens is 286 g/mol. The number of nitrogen functional groups attached to an aromatic ring is 1. The first kappa shape index (κ1) is 16.2. The standard InChI is InChI=1S/C12H20ClN3O2S/c1-9-11(14)7-10(13)8-12(9)19(17,18)16(4)6-5-15(2)3/h7-8H,5-6,14H2,1-4H3. The van der Waals surface area contributed by atoms with Crippen LogP contribution >= 0.6 is 11.6 Å². The summed E-state index contributed by atoms with van der Waals surface area (Å²) in [5.41, 5.74) is 6.68. The van der Waals surface area contributed by atoms with Crippen LogP contribution in [0.3, 0.4) is 0 Å². The van der Waals surface area contributed by atoms with Gasteiger partial charge in [0.25, 0.3) is 0 Å². The van der Waals surface area contributed by atoms with Gasteiger partial charge in [-0.25, -0.2) is 8.42 Å². The van der Waals surface area contributed by atoms with Crippen LogP contribution in [0, 0.1) is 6.92 Å². The Balaban J connectivity index is 3.13. The fourth-order valence-corrected chi connectivity index (χ4v) is 3.30. The molecule has 0 radical (unpaired) electrons. The summed E-state index contributed by atoms with van der Waals surface area (Å²) >= 11 is 5.89. The number of benzene rings is 1. The molecule has 1 aromatic carbocycles. The molecule has 0 heterocycles. The van der Waals surface area contributed by atoms with Gasteiger partial charge < -0.3 is 10.6 Å². The van der Waals surface area contributed by atoms with Crippen LogP contribution in [0.5, 0.6) is 0 Å². The Morgan fingerprint density at radius 1 is 1.21 bits per heavy atom. The van der Waals surface area contributed by atoms with E-state index in [1.165, 1.54) is 10.4 Å². The highest BCUT2D eigenvalue weighted by atomic mass is 35.5. The van der Waals surface area contributed by atoms with Gasteiger partial charge in [-0.3, -0.25) is 0 Å². The molecule has 108 valence electrons. The Bertz CT molecular complexity index is 558. The number of rotatable bonds is 5. The van der Waals surface area contributed by atoms with Crippen molar-refractivity contribution in [3.05, 3.63) is 22.7 Å². The molecule has 0 aliphatic heterocycles. The van der Waals surface area contributed by atoms with Crippen LogP contribution in [0.25, 0.3) is 0 Å². The van der Waals surface area contributed by atoms with E-state index in [-0.39, 0.29) is 4.90 Å². The highest BCUT2D eigenvalue weighted by molar-refractivity contribution is 7.89. The highest BCUT2D eigenvalue weighted by Crippen LogP contribution is 2.27. The number of nitrogens with zero attached hydrogens (tertiary/aromatic N) is 2. The molecule has 1 rings (SSSR count). The van der Waals surface area contributed by atoms with Gasteiger partial charge in [-0.1, -0.05) is 11.6 Å². The second-order valence-corrected chi connectivity index (χ2v) is 7.20. The van der Waals surface area contributed by atoms with E-state index in [1.54, 1.807) is 20.0 Å². The molecule has 0 fully saturated rings. The average Bonchev–Trinajstić information content (AvgIpc) is 2.30. The summed E-state index contributed by atoms with van der Waals surface area (Å²) < 4.78 is 26.2. The minimum absolute atomic E-state index is 0.166. The molecule has 0 aliphatic carbocycles. The zero-order valence-electron chi connectivity index (χ0n) is 11.6. The zero-order valence-corrected chi connectivity index (χ0v) is 13.2. The smallest absolute Gasteiger partial charge is 0.243 e. The Morgan fingerprint density at radius 3 is 2.32 bits per heavy atom. The summed E-state index contributed by atoms with van der Waals surface area (Å²) in [4.78, 5) is 2.09. The molecule has 19 heavy (non-hydrogen) atoms. The summed E-state index contributed by atoms with van der Waals surface area (Å²) in [6.07, 6.45) is 0. The summed E-state index contributed by atoms with van der Waals surface area (Å²) in [5.74, 6) is 0. The maximum Gasteiger partial charge on any atom is 0.243 e. The third-order valence-corrected chi connectivity index (χ3v) is 5.12. The van der Waals surface area contributed by atoms with E-state index >= 15 is 0 Å². The van der Waals surface area contributed by atoms with Crippen LogP contribution in [0.2, 0.25) is 5.02 Å².